The maximum atomic E-state index is 12.7. The first kappa shape index (κ1) is 19.9. The third kappa shape index (κ3) is 6.47. The lowest BCUT2D eigenvalue weighted by Gasteiger charge is -2.36. The largest absolute Gasteiger partial charge is 0.350 e. The Morgan fingerprint density at radius 3 is 2.04 bits per heavy atom. The molecule has 1 rings (SSSR count). The predicted octanol–water partition coefficient (Wildman–Crippen LogP) is 0.658. The molecule has 1 fully saturated rings. The van der Waals surface area contributed by atoms with Crippen LogP contribution in [0.25, 0.3) is 0 Å². The van der Waals surface area contributed by atoms with Gasteiger partial charge in [0, 0.05) is 5.54 Å². The van der Waals surface area contributed by atoms with Gasteiger partial charge in [-0.1, -0.05) is 19.3 Å². The number of nitrogens with one attached hydrogen (secondary N) is 3. The van der Waals surface area contributed by atoms with Gasteiger partial charge in [0.15, 0.2) is 0 Å². The fourth-order valence-electron chi connectivity index (χ4n) is 2.76. The molecule has 1 atom stereocenters. The van der Waals surface area contributed by atoms with E-state index in [4.69, 9.17) is 0 Å². The smallest absolute Gasteiger partial charge is 0.242 e. The number of hydrogen-bond donors (Lipinski definition) is 3. The molecule has 0 saturated heterocycles. The van der Waals surface area contributed by atoms with Crippen molar-refractivity contribution < 1.29 is 18.0 Å². The van der Waals surface area contributed by atoms with Crippen LogP contribution in [0.3, 0.4) is 0 Å². The number of carbonyl (C=O) groups excluding carboxylic acids is 2. The Kier molecular flexibility index (Phi) is 6.20. The summed E-state index contributed by atoms with van der Waals surface area (Å²) in [7, 11) is -3.52. The Balaban J connectivity index is 2.83. The summed E-state index contributed by atoms with van der Waals surface area (Å²) in [6.45, 7) is 7.16. The molecule has 134 valence electrons. The van der Waals surface area contributed by atoms with Crippen molar-refractivity contribution in [3.8, 4) is 0 Å². The minimum atomic E-state index is -3.52. The highest BCUT2D eigenvalue weighted by Crippen LogP contribution is 2.29. The third-order valence-corrected chi connectivity index (χ3v) is 4.52. The highest BCUT2D eigenvalue weighted by Gasteiger charge is 2.42. The highest BCUT2D eigenvalue weighted by atomic mass is 32.2. The van der Waals surface area contributed by atoms with E-state index >= 15 is 0 Å². The van der Waals surface area contributed by atoms with E-state index in [1.54, 1.807) is 6.92 Å². The maximum absolute atomic E-state index is 12.7. The molecule has 0 aliphatic heterocycles. The van der Waals surface area contributed by atoms with E-state index in [0.717, 1.165) is 25.5 Å². The Labute approximate surface area is 139 Å². The molecule has 1 aliphatic rings. The van der Waals surface area contributed by atoms with E-state index in [2.05, 4.69) is 15.4 Å². The van der Waals surface area contributed by atoms with E-state index < -0.39 is 33.1 Å². The van der Waals surface area contributed by atoms with Crippen LogP contribution in [-0.4, -0.2) is 43.6 Å². The number of carbonyl (C=O) groups is 2. The van der Waals surface area contributed by atoms with Gasteiger partial charge >= 0.3 is 0 Å². The quantitative estimate of drug-likeness (QED) is 0.679. The van der Waals surface area contributed by atoms with Crippen molar-refractivity contribution in [1.29, 1.82) is 0 Å². The van der Waals surface area contributed by atoms with Crippen LogP contribution in [0.15, 0.2) is 0 Å². The zero-order chi connectivity index (χ0) is 17.9. The average Bonchev–Trinajstić information content (AvgIpc) is 2.35. The summed E-state index contributed by atoms with van der Waals surface area (Å²) in [6.07, 6.45) is 4.46. The van der Waals surface area contributed by atoms with E-state index in [-0.39, 0.29) is 5.91 Å². The Morgan fingerprint density at radius 2 is 1.61 bits per heavy atom. The first-order valence-corrected chi connectivity index (χ1v) is 9.86. The van der Waals surface area contributed by atoms with Gasteiger partial charge in [-0.2, -0.15) is 4.72 Å². The maximum Gasteiger partial charge on any atom is 0.242 e. The van der Waals surface area contributed by atoms with Crippen molar-refractivity contribution in [2.24, 2.45) is 0 Å². The topological polar surface area (TPSA) is 104 Å². The minimum Gasteiger partial charge on any atom is -0.350 e. The second-order valence-electron chi connectivity index (χ2n) is 7.45. The molecule has 0 aromatic carbocycles. The van der Waals surface area contributed by atoms with Crippen molar-refractivity contribution in [3.05, 3.63) is 0 Å². The van der Waals surface area contributed by atoms with E-state index in [1.165, 1.54) is 0 Å². The van der Waals surface area contributed by atoms with Gasteiger partial charge in [-0.3, -0.25) is 9.59 Å². The zero-order valence-electron chi connectivity index (χ0n) is 14.7. The lowest BCUT2D eigenvalue weighted by molar-refractivity contribution is -0.133. The average molecular weight is 347 g/mol. The Morgan fingerprint density at radius 1 is 1.09 bits per heavy atom. The number of amides is 2. The van der Waals surface area contributed by atoms with Crippen LogP contribution in [0.1, 0.15) is 59.8 Å². The lowest BCUT2D eigenvalue weighted by Crippen LogP contribution is -2.62. The Hall–Kier alpha value is -1.15. The fourth-order valence-corrected chi connectivity index (χ4v) is 3.77. The summed E-state index contributed by atoms with van der Waals surface area (Å²) in [5.41, 5.74) is -1.55. The van der Waals surface area contributed by atoms with Gasteiger partial charge in [0.25, 0.3) is 0 Å². The monoisotopic (exact) mass is 347 g/mol. The second-order valence-corrected chi connectivity index (χ2v) is 9.20. The standard InChI is InChI=1S/C15H29N3O4S/c1-11(12(19)17-14(2,3)4)16-13(20)15(18-23(5,21)22)9-7-6-8-10-15/h11,18H,6-10H2,1-5H3,(H,16,20)(H,17,19). The SMILES string of the molecule is CC(NC(=O)C1(NS(C)(=O)=O)CCCCC1)C(=O)NC(C)(C)C. The lowest BCUT2D eigenvalue weighted by atomic mass is 9.81. The van der Waals surface area contributed by atoms with Crippen LogP contribution < -0.4 is 15.4 Å². The van der Waals surface area contributed by atoms with Crippen LogP contribution in [0.5, 0.6) is 0 Å². The zero-order valence-corrected chi connectivity index (χ0v) is 15.5. The van der Waals surface area contributed by atoms with Crippen LogP contribution >= 0.6 is 0 Å². The summed E-state index contributed by atoms with van der Waals surface area (Å²) >= 11 is 0. The van der Waals surface area contributed by atoms with Gasteiger partial charge in [-0.15, -0.1) is 0 Å². The van der Waals surface area contributed by atoms with Gasteiger partial charge in [0.05, 0.1) is 6.26 Å². The molecular weight excluding hydrogens is 318 g/mol. The third-order valence-electron chi connectivity index (χ3n) is 3.76. The van der Waals surface area contributed by atoms with Crippen LogP contribution in [0.4, 0.5) is 0 Å². The molecule has 0 aromatic heterocycles. The van der Waals surface area contributed by atoms with E-state index in [1.807, 2.05) is 20.8 Å². The molecule has 0 bridgehead atoms. The molecule has 3 N–H and O–H groups in total. The number of sulfonamides is 1. The highest BCUT2D eigenvalue weighted by molar-refractivity contribution is 7.88. The second kappa shape index (κ2) is 7.17. The molecule has 1 saturated carbocycles. The summed E-state index contributed by atoms with van der Waals surface area (Å²) in [5, 5.41) is 5.45. The van der Waals surface area contributed by atoms with Gasteiger partial charge in [-0.25, -0.2) is 8.42 Å². The minimum absolute atomic E-state index is 0.295. The molecule has 0 radical (unpaired) electrons. The molecule has 0 aromatic rings. The molecule has 0 spiro atoms. The molecule has 8 heteroatoms. The fraction of sp³-hybridized carbons (Fsp3) is 0.867. The predicted molar refractivity (Wildman–Crippen MR) is 89.3 cm³/mol. The first-order valence-electron chi connectivity index (χ1n) is 7.97. The molecule has 1 aliphatic carbocycles. The Bertz CT molecular complexity index is 546. The van der Waals surface area contributed by atoms with Gasteiger partial charge in [0.2, 0.25) is 21.8 Å². The molecular formula is C15H29N3O4S. The van der Waals surface area contributed by atoms with Crippen LogP contribution in [0.2, 0.25) is 0 Å². The van der Waals surface area contributed by atoms with Gasteiger partial charge in [0.1, 0.15) is 11.6 Å². The van der Waals surface area contributed by atoms with Crippen LogP contribution in [0, 0.1) is 0 Å². The normalized spacial score (nSPS) is 19.7. The van der Waals surface area contributed by atoms with Gasteiger partial charge in [-0.05, 0) is 40.5 Å². The molecule has 23 heavy (non-hydrogen) atoms. The first-order chi connectivity index (χ1) is 10.3. The molecule has 2 amide bonds. The van der Waals surface area contributed by atoms with Gasteiger partial charge < -0.3 is 10.6 Å². The molecule has 1 unspecified atom stereocenters. The summed E-state index contributed by atoms with van der Waals surface area (Å²) in [5.74, 6) is -0.727. The number of hydrogen-bond acceptors (Lipinski definition) is 4. The van der Waals surface area contributed by atoms with E-state index in [9.17, 15) is 18.0 Å². The van der Waals surface area contributed by atoms with Crippen LogP contribution in [-0.2, 0) is 19.6 Å². The summed E-state index contributed by atoms with van der Waals surface area (Å²) in [6, 6.07) is -0.734. The van der Waals surface area contributed by atoms with Crippen molar-refractivity contribution in [1.82, 2.24) is 15.4 Å². The van der Waals surface area contributed by atoms with Crippen molar-refractivity contribution in [3.63, 3.8) is 0 Å². The van der Waals surface area contributed by atoms with E-state index in [0.29, 0.717) is 12.8 Å². The van der Waals surface area contributed by atoms with Crippen molar-refractivity contribution in [2.45, 2.75) is 76.9 Å². The molecule has 0 heterocycles. The van der Waals surface area contributed by atoms with Crippen molar-refractivity contribution in [2.75, 3.05) is 6.26 Å². The van der Waals surface area contributed by atoms with Crippen molar-refractivity contribution >= 4 is 21.8 Å². The summed E-state index contributed by atoms with van der Waals surface area (Å²) < 4.78 is 25.8. The molecule has 7 nitrogen and oxygen atoms in total. The summed E-state index contributed by atoms with van der Waals surface area (Å²) in [4.78, 5) is 24.8. The number of rotatable bonds is 5.